The minimum absolute atomic E-state index is 0.136. The molecule has 0 saturated carbocycles. The largest absolute Gasteiger partial charge is 0.466 e. The van der Waals surface area contributed by atoms with Gasteiger partial charge in [0.25, 0.3) is 0 Å². The second kappa shape index (κ2) is 5.05. The van der Waals surface area contributed by atoms with Crippen molar-refractivity contribution in [3.8, 4) is 11.5 Å². The lowest BCUT2D eigenvalue weighted by atomic mass is 10.0. The van der Waals surface area contributed by atoms with Crippen LogP contribution in [0.5, 0.6) is 11.5 Å². The third-order valence-corrected chi connectivity index (χ3v) is 2.59. The van der Waals surface area contributed by atoms with Crippen LogP contribution in [-0.2, 0) is 9.53 Å². The maximum absolute atomic E-state index is 11.3. The first-order chi connectivity index (χ1) is 8.20. The van der Waals surface area contributed by atoms with Gasteiger partial charge in [-0.3, -0.25) is 4.79 Å². The molecule has 0 bridgehead atoms. The Morgan fingerprint density at radius 3 is 3.00 bits per heavy atom. The molecule has 1 aliphatic rings. The first kappa shape index (κ1) is 11.7. The van der Waals surface area contributed by atoms with Crippen molar-refractivity contribution in [3.63, 3.8) is 0 Å². The van der Waals surface area contributed by atoms with Gasteiger partial charge in [-0.2, -0.15) is 0 Å². The SMILES string of the molecule is CCOC(=O)C[C@@H]([NH3+])c1ccc2c(c1)OCO2. The maximum Gasteiger partial charge on any atom is 0.312 e. The van der Waals surface area contributed by atoms with Gasteiger partial charge in [0.1, 0.15) is 12.5 Å². The van der Waals surface area contributed by atoms with E-state index in [-0.39, 0.29) is 25.2 Å². The summed E-state index contributed by atoms with van der Waals surface area (Å²) in [6, 6.07) is 5.45. The number of quaternary nitrogens is 1. The number of benzene rings is 1. The molecule has 0 amide bonds. The summed E-state index contributed by atoms with van der Waals surface area (Å²) in [6.07, 6.45) is 0.271. The number of hydrogen-bond acceptors (Lipinski definition) is 4. The van der Waals surface area contributed by atoms with E-state index in [4.69, 9.17) is 14.2 Å². The highest BCUT2D eigenvalue weighted by Crippen LogP contribution is 2.33. The van der Waals surface area contributed by atoms with Gasteiger partial charge < -0.3 is 19.9 Å². The average Bonchev–Trinajstić information content (AvgIpc) is 2.75. The highest BCUT2D eigenvalue weighted by molar-refractivity contribution is 5.70. The zero-order valence-corrected chi connectivity index (χ0v) is 9.77. The quantitative estimate of drug-likeness (QED) is 0.782. The van der Waals surface area contributed by atoms with Crippen molar-refractivity contribution < 1.29 is 24.7 Å². The van der Waals surface area contributed by atoms with Crippen LogP contribution in [0, 0.1) is 0 Å². The molecule has 2 rings (SSSR count). The summed E-state index contributed by atoms with van der Waals surface area (Å²) in [4.78, 5) is 11.3. The van der Waals surface area contributed by atoms with Gasteiger partial charge in [0.2, 0.25) is 6.79 Å². The van der Waals surface area contributed by atoms with Gasteiger partial charge in [0.05, 0.1) is 6.61 Å². The topological polar surface area (TPSA) is 72.4 Å². The Kier molecular flexibility index (Phi) is 3.49. The zero-order chi connectivity index (χ0) is 12.3. The van der Waals surface area contributed by atoms with E-state index in [9.17, 15) is 4.79 Å². The van der Waals surface area contributed by atoms with Crippen molar-refractivity contribution in [2.45, 2.75) is 19.4 Å². The molecule has 0 radical (unpaired) electrons. The Labute approximate surface area is 99.5 Å². The zero-order valence-electron chi connectivity index (χ0n) is 9.77. The predicted molar refractivity (Wildman–Crippen MR) is 59.4 cm³/mol. The van der Waals surface area contributed by atoms with Gasteiger partial charge in [0.15, 0.2) is 11.5 Å². The minimum atomic E-state index is -0.231. The van der Waals surface area contributed by atoms with E-state index >= 15 is 0 Å². The van der Waals surface area contributed by atoms with Crippen molar-refractivity contribution in [1.82, 2.24) is 0 Å². The van der Waals surface area contributed by atoms with Crippen LogP contribution in [0.1, 0.15) is 24.9 Å². The number of ether oxygens (including phenoxy) is 3. The molecule has 0 unspecified atom stereocenters. The lowest BCUT2D eigenvalue weighted by Gasteiger charge is -2.08. The molecule has 5 heteroatoms. The molecule has 0 aromatic heterocycles. The van der Waals surface area contributed by atoms with E-state index < -0.39 is 0 Å². The summed E-state index contributed by atoms with van der Waals surface area (Å²) in [5.74, 6) is 1.21. The molecule has 0 fully saturated rings. The van der Waals surface area contributed by atoms with Crippen LogP contribution < -0.4 is 15.2 Å². The number of carbonyl (C=O) groups excluding carboxylic acids is 1. The number of esters is 1. The fourth-order valence-electron chi connectivity index (χ4n) is 1.71. The summed E-state index contributed by atoms with van der Waals surface area (Å²) < 4.78 is 15.4. The monoisotopic (exact) mass is 238 g/mol. The highest BCUT2D eigenvalue weighted by atomic mass is 16.7. The molecule has 92 valence electrons. The predicted octanol–water partition coefficient (Wildman–Crippen LogP) is 0.651. The van der Waals surface area contributed by atoms with Crippen LogP contribution in [0.3, 0.4) is 0 Å². The van der Waals surface area contributed by atoms with Crippen molar-refractivity contribution >= 4 is 5.97 Å². The van der Waals surface area contributed by atoms with Gasteiger partial charge in [-0.1, -0.05) is 0 Å². The van der Waals surface area contributed by atoms with Crippen molar-refractivity contribution in [1.29, 1.82) is 0 Å². The van der Waals surface area contributed by atoms with Crippen molar-refractivity contribution in [3.05, 3.63) is 23.8 Å². The van der Waals surface area contributed by atoms with E-state index in [2.05, 4.69) is 5.73 Å². The normalized spacial score (nSPS) is 14.5. The Morgan fingerprint density at radius 1 is 1.47 bits per heavy atom. The molecule has 1 aromatic carbocycles. The van der Waals surface area contributed by atoms with Crippen LogP contribution >= 0.6 is 0 Å². The number of rotatable bonds is 4. The standard InChI is InChI=1S/C12H15NO4/c1-2-15-12(14)6-9(13)8-3-4-10-11(5-8)17-7-16-10/h3-5,9H,2,6-7,13H2,1H3/p+1/t9-/m1/s1. The molecule has 1 atom stereocenters. The minimum Gasteiger partial charge on any atom is -0.466 e. The van der Waals surface area contributed by atoms with Crippen LogP contribution in [0.15, 0.2) is 18.2 Å². The van der Waals surface area contributed by atoms with E-state index in [0.717, 1.165) is 11.3 Å². The van der Waals surface area contributed by atoms with Crippen LogP contribution in [-0.4, -0.2) is 19.4 Å². The van der Waals surface area contributed by atoms with E-state index in [1.165, 1.54) is 0 Å². The number of fused-ring (bicyclic) bond motifs is 1. The summed E-state index contributed by atoms with van der Waals surface area (Å²) in [6.45, 7) is 2.43. The van der Waals surface area contributed by atoms with Crippen molar-refractivity contribution in [2.24, 2.45) is 0 Å². The first-order valence-electron chi connectivity index (χ1n) is 5.59. The van der Waals surface area contributed by atoms with Gasteiger partial charge in [-0.25, -0.2) is 0 Å². The molecule has 3 N–H and O–H groups in total. The Bertz CT molecular complexity index is 419. The molecule has 1 aromatic rings. The van der Waals surface area contributed by atoms with Crippen LogP contribution in [0.2, 0.25) is 0 Å². The summed E-state index contributed by atoms with van der Waals surface area (Å²) in [5, 5.41) is 0. The third-order valence-electron chi connectivity index (χ3n) is 2.59. The lowest BCUT2D eigenvalue weighted by molar-refractivity contribution is -0.425. The molecule has 0 saturated heterocycles. The van der Waals surface area contributed by atoms with Gasteiger partial charge in [0, 0.05) is 5.56 Å². The number of hydrogen-bond donors (Lipinski definition) is 1. The summed E-state index contributed by atoms with van der Waals surface area (Å²) in [5.41, 5.74) is 4.91. The fourth-order valence-corrected chi connectivity index (χ4v) is 1.71. The Morgan fingerprint density at radius 2 is 2.24 bits per heavy atom. The molecular formula is C12H16NO4+. The summed E-state index contributed by atoms with van der Waals surface area (Å²) in [7, 11) is 0. The highest BCUT2D eigenvalue weighted by Gasteiger charge is 2.20. The Hall–Kier alpha value is -1.75. The van der Waals surface area contributed by atoms with Gasteiger partial charge in [-0.15, -0.1) is 0 Å². The maximum atomic E-state index is 11.3. The fraction of sp³-hybridized carbons (Fsp3) is 0.417. The smallest absolute Gasteiger partial charge is 0.312 e. The first-order valence-corrected chi connectivity index (χ1v) is 5.59. The van der Waals surface area contributed by atoms with E-state index in [1.807, 2.05) is 18.2 Å². The van der Waals surface area contributed by atoms with E-state index in [0.29, 0.717) is 12.4 Å². The van der Waals surface area contributed by atoms with Crippen LogP contribution in [0.25, 0.3) is 0 Å². The van der Waals surface area contributed by atoms with Crippen molar-refractivity contribution in [2.75, 3.05) is 13.4 Å². The second-order valence-corrected chi connectivity index (χ2v) is 3.82. The number of carbonyl (C=O) groups is 1. The molecular weight excluding hydrogens is 222 g/mol. The second-order valence-electron chi connectivity index (χ2n) is 3.82. The average molecular weight is 238 g/mol. The molecule has 1 heterocycles. The Balaban J connectivity index is 2.04. The molecule has 0 aliphatic carbocycles. The van der Waals surface area contributed by atoms with Gasteiger partial charge in [-0.05, 0) is 25.1 Å². The molecule has 1 aliphatic heterocycles. The third kappa shape index (κ3) is 2.68. The molecule has 17 heavy (non-hydrogen) atoms. The summed E-state index contributed by atoms with van der Waals surface area (Å²) >= 11 is 0. The molecule has 5 nitrogen and oxygen atoms in total. The van der Waals surface area contributed by atoms with E-state index in [1.54, 1.807) is 6.92 Å². The van der Waals surface area contributed by atoms with Crippen LogP contribution in [0.4, 0.5) is 0 Å². The lowest BCUT2D eigenvalue weighted by Crippen LogP contribution is -2.54. The molecule has 0 spiro atoms. The van der Waals surface area contributed by atoms with Gasteiger partial charge >= 0.3 is 5.97 Å².